The third-order valence-corrected chi connectivity index (χ3v) is 3.59. The summed E-state index contributed by atoms with van der Waals surface area (Å²) in [4.78, 5) is -0.0859. The van der Waals surface area contributed by atoms with Crippen LogP contribution in [0.1, 0.15) is 11.1 Å². The van der Waals surface area contributed by atoms with Crippen molar-refractivity contribution in [2.45, 2.75) is 11.2 Å². The van der Waals surface area contributed by atoms with Crippen LogP contribution in [-0.2, 0) is 10.1 Å². The van der Waals surface area contributed by atoms with Gasteiger partial charge in [-0.2, -0.15) is 8.42 Å². The second-order valence-corrected chi connectivity index (χ2v) is 5.86. The summed E-state index contributed by atoms with van der Waals surface area (Å²) in [5, 5.41) is 15.6. The van der Waals surface area contributed by atoms with Crippen molar-refractivity contribution in [2.75, 3.05) is 6.54 Å². The highest BCUT2D eigenvalue weighted by molar-refractivity contribution is 7.85. The Morgan fingerprint density at radius 3 is 2.00 bits per heavy atom. The molecule has 124 valence electrons. The standard InChI is InChI=1S/C14H12O3S.C2H7NO2/c15-18(16,17)14-9-5-4-8-13(14)11-10-12-6-2-1-3-7-12;3-1-2(4)5/h1-11H,(H,15,16,17);2,4-5H,1,3H2. The second kappa shape index (κ2) is 9.19. The highest BCUT2D eigenvalue weighted by Crippen LogP contribution is 2.17. The maximum atomic E-state index is 11.2. The Labute approximate surface area is 135 Å². The van der Waals surface area contributed by atoms with Crippen LogP contribution in [0.15, 0.2) is 59.5 Å². The van der Waals surface area contributed by atoms with Crippen LogP contribution in [-0.4, -0.2) is 36.0 Å². The van der Waals surface area contributed by atoms with E-state index >= 15 is 0 Å². The summed E-state index contributed by atoms with van der Waals surface area (Å²) in [5.74, 6) is 0. The molecule has 0 spiro atoms. The Morgan fingerprint density at radius 1 is 0.957 bits per heavy atom. The monoisotopic (exact) mass is 337 g/mol. The van der Waals surface area contributed by atoms with Gasteiger partial charge in [0.1, 0.15) is 4.90 Å². The number of hydrogen-bond acceptors (Lipinski definition) is 5. The van der Waals surface area contributed by atoms with E-state index in [-0.39, 0.29) is 11.4 Å². The SMILES string of the molecule is NCC(O)O.O=S(=O)(O)c1ccccc1C=Cc1ccccc1. The van der Waals surface area contributed by atoms with Crippen molar-refractivity contribution in [3.8, 4) is 0 Å². The summed E-state index contributed by atoms with van der Waals surface area (Å²) >= 11 is 0. The fraction of sp³-hybridized carbons (Fsp3) is 0.125. The van der Waals surface area contributed by atoms with Crippen LogP contribution in [0.2, 0.25) is 0 Å². The zero-order valence-electron chi connectivity index (χ0n) is 12.3. The van der Waals surface area contributed by atoms with E-state index in [1.807, 2.05) is 30.3 Å². The largest absolute Gasteiger partial charge is 0.367 e. The molecule has 0 bridgehead atoms. The maximum Gasteiger partial charge on any atom is 0.295 e. The van der Waals surface area contributed by atoms with Gasteiger partial charge in [0, 0.05) is 6.54 Å². The van der Waals surface area contributed by atoms with Gasteiger partial charge in [0.05, 0.1) is 0 Å². The van der Waals surface area contributed by atoms with Gasteiger partial charge in [0.2, 0.25) is 0 Å². The average molecular weight is 337 g/mol. The Balaban J connectivity index is 0.000000463. The molecule has 2 aromatic carbocycles. The molecule has 6 nitrogen and oxygen atoms in total. The molecule has 0 aliphatic heterocycles. The van der Waals surface area contributed by atoms with Crippen LogP contribution in [0, 0.1) is 0 Å². The lowest BCUT2D eigenvalue weighted by Gasteiger charge is -2.01. The third kappa shape index (κ3) is 7.18. The number of aliphatic hydroxyl groups is 2. The van der Waals surface area contributed by atoms with E-state index in [1.165, 1.54) is 6.07 Å². The topological polar surface area (TPSA) is 121 Å². The normalized spacial score (nSPS) is 11.3. The maximum absolute atomic E-state index is 11.2. The first-order valence-corrected chi connectivity index (χ1v) is 8.14. The van der Waals surface area contributed by atoms with E-state index in [0.717, 1.165) is 5.56 Å². The third-order valence-electron chi connectivity index (χ3n) is 2.66. The lowest BCUT2D eigenvalue weighted by molar-refractivity contribution is -0.0309. The summed E-state index contributed by atoms with van der Waals surface area (Å²) in [6.07, 6.45) is 2.12. The molecule has 0 saturated carbocycles. The molecule has 0 aliphatic carbocycles. The molecule has 0 aromatic heterocycles. The zero-order valence-corrected chi connectivity index (χ0v) is 13.1. The van der Waals surface area contributed by atoms with Crippen molar-refractivity contribution in [3.05, 3.63) is 65.7 Å². The smallest absolute Gasteiger partial charge is 0.295 e. The molecule has 2 aromatic rings. The molecule has 23 heavy (non-hydrogen) atoms. The minimum Gasteiger partial charge on any atom is -0.367 e. The lowest BCUT2D eigenvalue weighted by Crippen LogP contribution is -2.17. The second-order valence-electron chi connectivity index (χ2n) is 4.47. The summed E-state index contributed by atoms with van der Waals surface area (Å²) < 4.78 is 31.5. The molecule has 0 saturated heterocycles. The van der Waals surface area contributed by atoms with Gasteiger partial charge in [-0.25, -0.2) is 0 Å². The first kappa shape index (κ1) is 19.0. The number of benzene rings is 2. The van der Waals surface area contributed by atoms with Crippen molar-refractivity contribution in [3.63, 3.8) is 0 Å². The molecule has 5 N–H and O–H groups in total. The lowest BCUT2D eigenvalue weighted by atomic mass is 10.1. The summed E-state index contributed by atoms with van der Waals surface area (Å²) in [5.41, 5.74) is 6.09. The van der Waals surface area contributed by atoms with Crippen molar-refractivity contribution >= 4 is 22.3 Å². The number of nitrogens with two attached hydrogens (primary N) is 1. The fourth-order valence-electron chi connectivity index (χ4n) is 1.60. The van der Waals surface area contributed by atoms with Crippen LogP contribution in [0.5, 0.6) is 0 Å². The quantitative estimate of drug-likeness (QED) is 0.380. The molecule has 0 unspecified atom stereocenters. The van der Waals surface area contributed by atoms with Gasteiger partial charge >= 0.3 is 0 Å². The van der Waals surface area contributed by atoms with Crippen LogP contribution in [0.4, 0.5) is 0 Å². The van der Waals surface area contributed by atoms with Gasteiger partial charge in [0.15, 0.2) is 6.29 Å². The molecule has 0 radical (unpaired) electrons. The van der Waals surface area contributed by atoms with Gasteiger partial charge in [-0.3, -0.25) is 4.55 Å². The number of aliphatic hydroxyl groups excluding tert-OH is 1. The van der Waals surface area contributed by atoms with E-state index in [0.29, 0.717) is 5.56 Å². The van der Waals surface area contributed by atoms with Gasteiger partial charge in [-0.15, -0.1) is 0 Å². The molecule has 0 aliphatic rings. The summed E-state index contributed by atoms with van der Waals surface area (Å²) in [6, 6.07) is 15.8. The van der Waals surface area contributed by atoms with Crippen LogP contribution in [0.3, 0.4) is 0 Å². The van der Waals surface area contributed by atoms with Crippen molar-refractivity contribution in [2.24, 2.45) is 5.73 Å². The molecule has 0 atom stereocenters. The van der Waals surface area contributed by atoms with Crippen molar-refractivity contribution < 1.29 is 23.2 Å². The average Bonchev–Trinajstić information content (AvgIpc) is 2.54. The van der Waals surface area contributed by atoms with Crippen LogP contribution < -0.4 is 5.73 Å². The van der Waals surface area contributed by atoms with Gasteiger partial charge < -0.3 is 15.9 Å². The van der Waals surface area contributed by atoms with Gasteiger partial charge in [0.25, 0.3) is 10.1 Å². The minimum atomic E-state index is -4.19. The first-order valence-electron chi connectivity index (χ1n) is 6.70. The molecule has 0 amide bonds. The summed E-state index contributed by atoms with van der Waals surface area (Å²) in [6.45, 7) is -0.0833. The van der Waals surface area contributed by atoms with Crippen LogP contribution >= 0.6 is 0 Å². The van der Waals surface area contributed by atoms with E-state index in [9.17, 15) is 8.42 Å². The number of rotatable bonds is 4. The Hall–Kier alpha value is -2.03. The van der Waals surface area contributed by atoms with Crippen molar-refractivity contribution in [1.29, 1.82) is 0 Å². The van der Waals surface area contributed by atoms with Crippen molar-refractivity contribution in [1.82, 2.24) is 0 Å². The fourth-order valence-corrected chi connectivity index (χ4v) is 2.29. The predicted octanol–water partition coefficient (Wildman–Crippen LogP) is 1.36. The summed E-state index contributed by atoms with van der Waals surface area (Å²) in [7, 11) is -4.19. The zero-order chi connectivity index (χ0) is 17.3. The predicted molar refractivity (Wildman–Crippen MR) is 88.9 cm³/mol. The minimum absolute atomic E-state index is 0.0833. The van der Waals surface area contributed by atoms with Gasteiger partial charge in [-0.1, -0.05) is 60.7 Å². The highest BCUT2D eigenvalue weighted by atomic mass is 32.2. The Kier molecular flexibility index (Phi) is 7.60. The Morgan fingerprint density at radius 2 is 1.48 bits per heavy atom. The van der Waals surface area contributed by atoms with Crippen LogP contribution in [0.25, 0.3) is 12.2 Å². The molecule has 0 fully saturated rings. The highest BCUT2D eigenvalue weighted by Gasteiger charge is 2.12. The molecular formula is C16H19NO5S. The Bertz CT molecular complexity index is 727. The molecule has 2 rings (SSSR count). The van der Waals surface area contributed by atoms with E-state index in [4.69, 9.17) is 14.8 Å². The van der Waals surface area contributed by atoms with E-state index in [1.54, 1.807) is 30.4 Å². The van der Waals surface area contributed by atoms with E-state index in [2.05, 4.69) is 5.73 Å². The van der Waals surface area contributed by atoms with E-state index < -0.39 is 16.4 Å². The first-order chi connectivity index (χ1) is 10.8. The molecular weight excluding hydrogens is 318 g/mol. The van der Waals surface area contributed by atoms with Gasteiger partial charge in [-0.05, 0) is 17.2 Å². The molecule has 7 heteroatoms. The number of hydrogen-bond donors (Lipinski definition) is 4. The molecule has 0 heterocycles.